The number of aliphatic carboxylic acids is 3. The minimum atomic E-state index is -2.20. The number of halogens is 1. The van der Waals surface area contributed by atoms with E-state index >= 15 is 0 Å². The number of aryl methyl sites for hydroxylation is 1. The van der Waals surface area contributed by atoms with Crippen molar-refractivity contribution in [1.29, 1.82) is 0 Å². The number of piperazine rings is 1. The van der Waals surface area contributed by atoms with Gasteiger partial charge in [0.15, 0.2) is 11.9 Å². The summed E-state index contributed by atoms with van der Waals surface area (Å²) in [5.41, 5.74) is 1.71. The molecule has 15 heteroatoms. The number of fused-ring (bicyclic) bond motifs is 1. The number of aliphatic hydroxyl groups is 1. The van der Waals surface area contributed by atoms with E-state index in [1.165, 1.54) is 0 Å². The zero-order chi connectivity index (χ0) is 30.4. The highest BCUT2D eigenvalue weighted by atomic mass is 35.5. The van der Waals surface area contributed by atoms with E-state index in [-0.39, 0.29) is 5.75 Å². The molecule has 0 radical (unpaired) electrons. The number of hydrogen-bond acceptors (Lipinski definition) is 9. The number of H-pyrrole nitrogens is 1. The average molecular weight is 594 g/mol. The lowest BCUT2D eigenvalue weighted by Gasteiger charge is -2.32. The molecule has 0 spiro atoms. The number of carboxylic acids is 3. The van der Waals surface area contributed by atoms with Crippen LogP contribution in [0.3, 0.4) is 0 Å². The topological polar surface area (TPSA) is 210 Å². The zero-order valence-corrected chi connectivity index (χ0v) is 23.2. The number of aromatic nitrogens is 3. The molecule has 1 aromatic carbocycles. The second-order valence-electron chi connectivity index (χ2n) is 9.66. The summed E-state index contributed by atoms with van der Waals surface area (Å²) in [5.74, 6) is -7.05. The summed E-state index contributed by atoms with van der Waals surface area (Å²) in [4.78, 5) is 51.3. The molecular formula is C26H32ClN5O9. The van der Waals surface area contributed by atoms with E-state index in [2.05, 4.69) is 26.9 Å². The summed E-state index contributed by atoms with van der Waals surface area (Å²) in [6, 6.07) is 7.13. The molecule has 0 bridgehead atoms. The van der Waals surface area contributed by atoms with Crippen LogP contribution < -0.4 is 5.43 Å². The molecule has 2 unspecified atom stereocenters. The number of nitrogens with zero attached hydrogens (tertiary/aromatic N) is 4. The van der Waals surface area contributed by atoms with Crippen LogP contribution >= 0.6 is 11.6 Å². The van der Waals surface area contributed by atoms with Crippen LogP contribution in [0.1, 0.15) is 12.1 Å². The van der Waals surface area contributed by atoms with Gasteiger partial charge in [-0.3, -0.25) is 19.3 Å². The lowest BCUT2D eigenvalue weighted by Crippen LogP contribution is -2.45. The van der Waals surface area contributed by atoms with Crippen molar-refractivity contribution < 1.29 is 39.9 Å². The summed E-state index contributed by atoms with van der Waals surface area (Å²) < 4.78 is 1.82. The Labute approximate surface area is 239 Å². The molecule has 1 fully saturated rings. The third-order valence-electron chi connectivity index (χ3n) is 6.76. The van der Waals surface area contributed by atoms with Crippen LogP contribution in [0.25, 0.3) is 22.3 Å². The Kier molecular flexibility index (Phi) is 10.5. The molecule has 0 saturated carbocycles. The second kappa shape index (κ2) is 13.6. The van der Waals surface area contributed by atoms with Crippen LogP contribution in [0, 0.1) is 12.8 Å². The fourth-order valence-corrected chi connectivity index (χ4v) is 4.64. The van der Waals surface area contributed by atoms with Crippen molar-refractivity contribution in [2.75, 3.05) is 39.8 Å². The van der Waals surface area contributed by atoms with E-state index in [9.17, 15) is 24.3 Å². The van der Waals surface area contributed by atoms with Gasteiger partial charge in [-0.05, 0) is 20.0 Å². The van der Waals surface area contributed by atoms with Gasteiger partial charge in [-0.2, -0.15) is 5.10 Å². The highest BCUT2D eigenvalue weighted by Crippen LogP contribution is 2.32. The first-order valence-corrected chi connectivity index (χ1v) is 13.0. The molecule has 4 rings (SSSR count). The van der Waals surface area contributed by atoms with Crippen LogP contribution in [-0.2, 0) is 20.9 Å². The number of rotatable bonds is 9. The smallest absolute Gasteiger partial charge is 0.333 e. The number of aromatic hydroxyl groups is 1. The third-order valence-corrected chi connectivity index (χ3v) is 7.09. The summed E-state index contributed by atoms with van der Waals surface area (Å²) >= 11 is 6.29. The Balaban J connectivity index is 0.000000302. The van der Waals surface area contributed by atoms with Gasteiger partial charge in [0.25, 0.3) is 0 Å². The van der Waals surface area contributed by atoms with E-state index in [0.29, 0.717) is 39.6 Å². The molecule has 14 nitrogen and oxygen atoms in total. The number of nitrogens with one attached hydrogen (secondary N) is 1. The van der Waals surface area contributed by atoms with Crippen molar-refractivity contribution in [3.05, 3.63) is 45.2 Å². The van der Waals surface area contributed by atoms with Crippen molar-refractivity contribution in [2.24, 2.45) is 5.92 Å². The molecule has 2 atom stereocenters. The summed E-state index contributed by atoms with van der Waals surface area (Å²) in [7, 11) is 2.13. The van der Waals surface area contributed by atoms with Crippen molar-refractivity contribution in [1.82, 2.24) is 24.6 Å². The maximum Gasteiger partial charge on any atom is 0.333 e. The van der Waals surface area contributed by atoms with Gasteiger partial charge < -0.3 is 35.4 Å². The number of likely N-dealkylation sites (N-methyl/N-ethyl adjacent to an activating group) is 1. The summed E-state index contributed by atoms with van der Waals surface area (Å²) in [5, 5.41) is 49.5. The van der Waals surface area contributed by atoms with E-state index in [0.717, 1.165) is 32.7 Å². The minimum absolute atomic E-state index is 0.323. The first-order chi connectivity index (χ1) is 19.3. The maximum absolute atomic E-state index is 12.8. The predicted molar refractivity (Wildman–Crippen MR) is 148 cm³/mol. The number of aliphatic hydroxyl groups excluding tert-OH is 1. The maximum atomic E-state index is 12.8. The van der Waals surface area contributed by atoms with E-state index < -0.39 is 41.8 Å². The average Bonchev–Trinajstić information content (AvgIpc) is 3.24. The predicted octanol–water partition coefficient (Wildman–Crippen LogP) is 0.914. The normalized spacial score (nSPS) is 15.6. The van der Waals surface area contributed by atoms with E-state index in [1.54, 1.807) is 19.1 Å². The van der Waals surface area contributed by atoms with Gasteiger partial charge in [0, 0.05) is 38.3 Å². The summed E-state index contributed by atoms with van der Waals surface area (Å²) in [6.45, 7) is 7.47. The minimum Gasteiger partial charge on any atom is -0.503 e. The Morgan fingerprint density at radius 1 is 1.05 bits per heavy atom. The number of hydrogen-bond donors (Lipinski definition) is 6. The Hall–Kier alpha value is -3.98. The number of aromatic amines is 1. The Morgan fingerprint density at radius 2 is 1.68 bits per heavy atom. The molecule has 1 saturated heterocycles. The van der Waals surface area contributed by atoms with Gasteiger partial charge in [-0.15, -0.1) is 0 Å². The molecule has 1 aliphatic heterocycles. The zero-order valence-electron chi connectivity index (χ0n) is 22.4. The molecule has 3 aromatic rings. The molecular weight excluding hydrogens is 562 g/mol. The highest BCUT2D eigenvalue weighted by Gasteiger charge is 2.33. The number of pyridine rings is 1. The quantitative estimate of drug-likeness (QED) is 0.204. The van der Waals surface area contributed by atoms with Gasteiger partial charge in [-0.25, -0.2) is 9.48 Å². The lowest BCUT2D eigenvalue weighted by atomic mass is 9.99. The molecule has 6 N–H and O–H groups in total. The summed E-state index contributed by atoms with van der Waals surface area (Å²) in [6.07, 6.45) is -3.13. The molecule has 0 amide bonds. The third kappa shape index (κ3) is 7.61. The molecule has 41 heavy (non-hydrogen) atoms. The lowest BCUT2D eigenvalue weighted by molar-refractivity contribution is -0.162. The van der Waals surface area contributed by atoms with Crippen molar-refractivity contribution in [3.63, 3.8) is 0 Å². The van der Waals surface area contributed by atoms with Crippen LogP contribution in [0.5, 0.6) is 5.75 Å². The van der Waals surface area contributed by atoms with Crippen LogP contribution in [-0.4, -0.2) is 114 Å². The fraction of sp³-hybridized carbons (Fsp3) is 0.423. The SMILES string of the molecule is Cc1nn(CCN2CCN(C)CC2)c2[nH]c(-c3ccccc3Cl)c(O)c(=O)c12.O=C(O)CC(C(=O)O)C(O)C(=O)O. The first-order valence-electron chi connectivity index (χ1n) is 12.6. The second-order valence-corrected chi connectivity index (χ2v) is 10.1. The molecule has 1 aliphatic rings. The van der Waals surface area contributed by atoms with Crippen LogP contribution in [0.2, 0.25) is 5.02 Å². The van der Waals surface area contributed by atoms with E-state index in [4.69, 9.17) is 32.0 Å². The van der Waals surface area contributed by atoms with Gasteiger partial charge in [0.2, 0.25) is 5.43 Å². The largest absolute Gasteiger partial charge is 0.503 e. The van der Waals surface area contributed by atoms with Crippen molar-refractivity contribution in [2.45, 2.75) is 26.0 Å². The van der Waals surface area contributed by atoms with Crippen molar-refractivity contribution >= 4 is 40.5 Å². The highest BCUT2D eigenvalue weighted by molar-refractivity contribution is 6.33. The number of carboxylic acid groups (broad SMARTS) is 3. The van der Waals surface area contributed by atoms with Crippen LogP contribution in [0.15, 0.2) is 29.1 Å². The van der Waals surface area contributed by atoms with E-state index in [1.807, 2.05) is 16.8 Å². The van der Waals surface area contributed by atoms with Crippen LogP contribution in [0.4, 0.5) is 0 Å². The van der Waals surface area contributed by atoms with Gasteiger partial charge >= 0.3 is 17.9 Å². The molecule has 222 valence electrons. The molecule has 3 heterocycles. The Morgan fingerprint density at radius 3 is 2.24 bits per heavy atom. The first kappa shape index (κ1) is 31.5. The monoisotopic (exact) mass is 593 g/mol. The molecule has 0 aliphatic carbocycles. The Bertz CT molecular complexity index is 1480. The standard InChI is InChI=1S/C20H24ClN5O2.C6H8O7/c1-13-16-18(27)19(28)17(14-5-3-4-6-15(14)21)22-20(16)26(23-13)12-11-25-9-7-24(2)8-10-25;7-3(8)1-2(5(10)11)4(9)6(12)13/h3-6,28H,7-12H2,1-2H3,(H,22,27);2,4,9H,1H2,(H,7,8)(H,10,11)(H,12,13). The fourth-order valence-electron chi connectivity index (χ4n) is 4.41. The number of benzene rings is 1. The van der Waals surface area contributed by atoms with Gasteiger partial charge in [0.05, 0.1) is 34.8 Å². The number of carbonyl (C=O) groups is 3. The van der Waals surface area contributed by atoms with Gasteiger partial charge in [-0.1, -0.05) is 29.8 Å². The van der Waals surface area contributed by atoms with Crippen molar-refractivity contribution in [3.8, 4) is 17.0 Å². The molecule has 2 aromatic heterocycles. The van der Waals surface area contributed by atoms with Gasteiger partial charge in [0.1, 0.15) is 11.6 Å².